The number of rotatable bonds is 2. The number of morpholine rings is 1. The predicted octanol–water partition coefficient (Wildman–Crippen LogP) is 1.45. The molecule has 0 bridgehead atoms. The van der Waals surface area contributed by atoms with Gasteiger partial charge in [0.15, 0.2) is 0 Å². The minimum atomic E-state index is 0.0855. The standard InChI is InChI=1S/C13H14N4O/c1-2-5-14-11(4-1)12-10-18-9-8-17(12)13-15-6-3-7-16-13/h1-7,12H,8-10H2. The Balaban J connectivity index is 1.92. The van der Waals surface area contributed by atoms with Gasteiger partial charge in [0.25, 0.3) is 0 Å². The molecule has 0 N–H and O–H groups in total. The highest BCUT2D eigenvalue weighted by Crippen LogP contribution is 2.25. The van der Waals surface area contributed by atoms with Gasteiger partial charge in [-0.1, -0.05) is 6.07 Å². The second kappa shape index (κ2) is 5.10. The number of anilines is 1. The fourth-order valence-corrected chi connectivity index (χ4v) is 2.10. The third-order valence-corrected chi connectivity index (χ3v) is 2.97. The third kappa shape index (κ3) is 2.17. The van der Waals surface area contributed by atoms with Gasteiger partial charge in [-0.2, -0.15) is 0 Å². The number of aromatic nitrogens is 3. The molecule has 0 saturated carbocycles. The number of ether oxygens (including phenoxy) is 1. The van der Waals surface area contributed by atoms with E-state index in [0.29, 0.717) is 13.2 Å². The van der Waals surface area contributed by atoms with Crippen LogP contribution in [0.3, 0.4) is 0 Å². The van der Waals surface area contributed by atoms with Crippen LogP contribution in [0.15, 0.2) is 42.9 Å². The lowest BCUT2D eigenvalue weighted by atomic mass is 10.1. The first kappa shape index (κ1) is 11.1. The molecular formula is C13H14N4O. The van der Waals surface area contributed by atoms with Crippen molar-refractivity contribution in [2.45, 2.75) is 6.04 Å². The average Bonchev–Trinajstić information content (AvgIpc) is 2.49. The van der Waals surface area contributed by atoms with Crippen LogP contribution < -0.4 is 4.90 Å². The summed E-state index contributed by atoms with van der Waals surface area (Å²) >= 11 is 0. The molecule has 0 amide bonds. The Morgan fingerprint density at radius 2 is 1.89 bits per heavy atom. The number of hydrogen-bond acceptors (Lipinski definition) is 5. The van der Waals surface area contributed by atoms with Crippen LogP contribution in [0, 0.1) is 0 Å². The lowest BCUT2D eigenvalue weighted by molar-refractivity contribution is 0.0921. The molecule has 0 radical (unpaired) electrons. The van der Waals surface area contributed by atoms with Crippen LogP contribution in [-0.4, -0.2) is 34.7 Å². The molecule has 5 heteroatoms. The van der Waals surface area contributed by atoms with Crippen molar-refractivity contribution in [2.24, 2.45) is 0 Å². The van der Waals surface area contributed by atoms with E-state index >= 15 is 0 Å². The zero-order chi connectivity index (χ0) is 12.2. The Bertz CT molecular complexity index is 443. The maximum absolute atomic E-state index is 5.55. The Labute approximate surface area is 105 Å². The van der Waals surface area contributed by atoms with Crippen LogP contribution in [0.25, 0.3) is 0 Å². The van der Waals surface area contributed by atoms with Crippen LogP contribution in [0.4, 0.5) is 5.95 Å². The molecule has 0 aliphatic carbocycles. The van der Waals surface area contributed by atoms with Gasteiger partial charge < -0.3 is 9.64 Å². The lowest BCUT2D eigenvalue weighted by Gasteiger charge is -2.35. The summed E-state index contributed by atoms with van der Waals surface area (Å²) in [7, 11) is 0. The smallest absolute Gasteiger partial charge is 0.225 e. The van der Waals surface area contributed by atoms with Crippen LogP contribution in [0.5, 0.6) is 0 Å². The molecule has 3 rings (SSSR count). The summed E-state index contributed by atoms with van der Waals surface area (Å²) in [5.41, 5.74) is 0.990. The van der Waals surface area contributed by atoms with Gasteiger partial charge in [-0.15, -0.1) is 0 Å². The van der Waals surface area contributed by atoms with Crippen molar-refractivity contribution >= 4 is 5.95 Å². The molecule has 0 aromatic carbocycles. The zero-order valence-corrected chi connectivity index (χ0v) is 9.94. The quantitative estimate of drug-likeness (QED) is 0.797. The van der Waals surface area contributed by atoms with Gasteiger partial charge in [0.1, 0.15) is 0 Å². The van der Waals surface area contributed by atoms with E-state index in [0.717, 1.165) is 18.2 Å². The average molecular weight is 242 g/mol. The van der Waals surface area contributed by atoms with Gasteiger partial charge in [-0.3, -0.25) is 4.98 Å². The van der Waals surface area contributed by atoms with Crippen molar-refractivity contribution in [1.82, 2.24) is 15.0 Å². The van der Waals surface area contributed by atoms with Gasteiger partial charge in [-0.25, -0.2) is 9.97 Å². The summed E-state index contributed by atoms with van der Waals surface area (Å²) in [6, 6.07) is 7.81. The van der Waals surface area contributed by atoms with Gasteiger partial charge in [0.2, 0.25) is 5.95 Å². The molecule has 18 heavy (non-hydrogen) atoms. The van der Waals surface area contributed by atoms with E-state index in [4.69, 9.17) is 4.74 Å². The molecule has 3 heterocycles. The first-order valence-electron chi connectivity index (χ1n) is 5.97. The Morgan fingerprint density at radius 1 is 1.06 bits per heavy atom. The van der Waals surface area contributed by atoms with Crippen molar-refractivity contribution in [3.05, 3.63) is 48.5 Å². The SMILES string of the molecule is c1ccc(C2COCCN2c2ncccn2)nc1. The topological polar surface area (TPSA) is 51.1 Å². The third-order valence-electron chi connectivity index (χ3n) is 2.97. The van der Waals surface area contributed by atoms with Crippen LogP contribution in [-0.2, 0) is 4.74 Å². The van der Waals surface area contributed by atoms with Gasteiger partial charge in [-0.05, 0) is 18.2 Å². The molecule has 2 aromatic rings. The van der Waals surface area contributed by atoms with E-state index in [1.807, 2.05) is 24.3 Å². The van der Waals surface area contributed by atoms with Crippen molar-refractivity contribution < 1.29 is 4.74 Å². The highest BCUT2D eigenvalue weighted by atomic mass is 16.5. The van der Waals surface area contributed by atoms with Crippen LogP contribution >= 0.6 is 0 Å². The Kier molecular flexibility index (Phi) is 3.14. The minimum Gasteiger partial charge on any atom is -0.377 e. The molecule has 1 aliphatic heterocycles. The van der Waals surface area contributed by atoms with E-state index in [1.165, 1.54) is 0 Å². The normalized spacial score (nSPS) is 19.8. The highest BCUT2D eigenvalue weighted by molar-refractivity contribution is 5.34. The molecule has 2 aromatic heterocycles. The van der Waals surface area contributed by atoms with Crippen molar-refractivity contribution in [2.75, 3.05) is 24.7 Å². The fraction of sp³-hybridized carbons (Fsp3) is 0.308. The van der Waals surface area contributed by atoms with Crippen LogP contribution in [0.1, 0.15) is 11.7 Å². The lowest BCUT2D eigenvalue weighted by Crippen LogP contribution is -2.40. The molecule has 1 saturated heterocycles. The first-order chi connectivity index (χ1) is 8.95. The second-order valence-corrected chi connectivity index (χ2v) is 4.09. The summed E-state index contributed by atoms with van der Waals surface area (Å²) < 4.78 is 5.55. The number of hydrogen-bond donors (Lipinski definition) is 0. The van der Waals surface area contributed by atoms with Crippen LogP contribution in [0.2, 0.25) is 0 Å². The molecule has 1 atom stereocenters. The van der Waals surface area contributed by atoms with Gasteiger partial charge >= 0.3 is 0 Å². The summed E-state index contributed by atoms with van der Waals surface area (Å²) in [6.45, 7) is 2.10. The number of nitrogens with zero attached hydrogens (tertiary/aromatic N) is 4. The Morgan fingerprint density at radius 3 is 2.67 bits per heavy atom. The van der Waals surface area contributed by atoms with Gasteiger partial charge in [0, 0.05) is 25.1 Å². The molecule has 5 nitrogen and oxygen atoms in total. The van der Waals surface area contributed by atoms with Crippen molar-refractivity contribution in [1.29, 1.82) is 0 Å². The van der Waals surface area contributed by atoms with Crippen molar-refractivity contribution in [3.8, 4) is 0 Å². The molecule has 92 valence electrons. The molecular weight excluding hydrogens is 228 g/mol. The van der Waals surface area contributed by atoms with E-state index in [-0.39, 0.29) is 6.04 Å². The minimum absolute atomic E-state index is 0.0855. The summed E-state index contributed by atoms with van der Waals surface area (Å²) in [6.07, 6.45) is 5.31. The van der Waals surface area contributed by atoms with E-state index in [1.54, 1.807) is 18.6 Å². The predicted molar refractivity (Wildman–Crippen MR) is 67.2 cm³/mol. The second-order valence-electron chi connectivity index (χ2n) is 4.09. The maximum atomic E-state index is 5.55. The van der Waals surface area contributed by atoms with E-state index in [9.17, 15) is 0 Å². The first-order valence-corrected chi connectivity index (χ1v) is 5.97. The highest BCUT2D eigenvalue weighted by Gasteiger charge is 2.27. The summed E-state index contributed by atoms with van der Waals surface area (Å²) in [5.74, 6) is 0.733. The van der Waals surface area contributed by atoms with E-state index < -0.39 is 0 Å². The monoisotopic (exact) mass is 242 g/mol. The summed E-state index contributed by atoms with van der Waals surface area (Å²) in [5, 5.41) is 0. The van der Waals surface area contributed by atoms with Crippen molar-refractivity contribution in [3.63, 3.8) is 0 Å². The largest absolute Gasteiger partial charge is 0.377 e. The van der Waals surface area contributed by atoms with E-state index in [2.05, 4.69) is 19.9 Å². The maximum Gasteiger partial charge on any atom is 0.225 e. The Hall–Kier alpha value is -2.01. The molecule has 1 aliphatic rings. The summed E-state index contributed by atoms with van der Waals surface area (Å²) in [4.78, 5) is 15.2. The zero-order valence-electron chi connectivity index (χ0n) is 9.94. The fourth-order valence-electron chi connectivity index (χ4n) is 2.10. The molecule has 1 unspecified atom stereocenters. The molecule has 1 fully saturated rings. The molecule has 0 spiro atoms. The number of pyridine rings is 1. The van der Waals surface area contributed by atoms with Gasteiger partial charge in [0.05, 0.1) is 24.9 Å².